The van der Waals surface area contributed by atoms with Crippen LogP contribution in [0.15, 0.2) is 41.0 Å². The third kappa shape index (κ3) is 2.40. The van der Waals surface area contributed by atoms with E-state index < -0.39 is 0 Å². The number of benzene rings is 1. The van der Waals surface area contributed by atoms with Crippen molar-refractivity contribution in [2.45, 2.75) is 13.5 Å². The average Bonchev–Trinajstić information content (AvgIpc) is 3.08. The van der Waals surface area contributed by atoms with E-state index in [9.17, 15) is 4.79 Å². The molecule has 2 aromatic heterocycles. The molecule has 1 aromatic carbocycles. The standard InChI is InChI=1S/C16H16N2O2S/c1-10-5-3-7-12-13(17)15(21-14(10)12)16(19)18(2)9-11-6-4-8-20-11/h3-8H,9,17H2,1-2H3. The number of hydrogen-bond donors (Lipinski definition) is 1. The van der Waals surface area contributed by atoms with Crippen molar-refractivity contribution < 1.29 is 9.21 Å². The van der Waals surface area contributed by atoms with Crippen LogP contribution in [0.5, 0.6) is 0 Å². The van der Waals surface area contributed by atoms with E-state index >= 15 is 0 Å². The van der Waals surface area contributed by atoms with Gasteiger partial charge in [0.25, 0.3) is 5.91 Å². The number of furan rings is 1. The number of rotatable bonds is 3. The van der Waals surface area contributed by atoms with Crippen LogP contribution in [0.25, 0.3) is 10.1 Å². The van der Waals surface area contributed by atoms with Crippen LogP contribution < -0.4 is 5.73 Å². The van der Waals surface area contributed by atoms with Crippen molar-refractivity contribution in [3.8, 4) is 0 Å². The number of hydrogen-bond acceptors (Lipinski definition) is 4. The summed E-state index contributed by atoms with van der Waals surface area (Å²) in [5.74, 6) is 0.672. The fourth-order valence-corrected chi connectivity index (χ4v) is 3.50. The lowest BCUT2D eigenvalue weighted by Crippen LogP contribution is -2.25. The number of nitrogen functional groups attached to an aromatic ring is 1. The molecule has 0 unspecified atom stereocenters. The molecule has 21 heavy (non-hydrogen) atoms. The molecule has 0 saturated carbocycles. The molecule has 2 N–H and O–H groups in total. The predicted molar refractivity (Wildman–Crippen MR) is 85.5 cm³/mol. The molecule has 0 radical (unpaired) electrons. The lowest BCUT2D eigenvalue weighted by Gasteiger charge is -2.14. The third-order valence-corrected chi connectivity index (χ3v) is 4.81. The number of nitrogens with zero attached hydrogens (tertiary/aromatic N) is 1. The van der Waals surface area contributed by atoms with Gasteiger partial charge in [0.2, 0.25) is 0 Å². The van der Waals surface area contributed by atoms with E-state index in [0.29, 0.717) is 17.1 Å². The first-order valence-corrected chi connectivity index (χ1v) is 7.45. The van der Waals surface area contributed by atoms with Crippen molar-refractivity contribution in [1.82, 2.24) is 4.90 Å². The topological polar surface area (TPSA) is 59.5 Å². The Morgan fingerprint density at radius 2 is 2.14 bits per heavy atom. The summed E-state index contributed by atoms with van der Waals surface area (Å²) in [6, 6.07) is 9.60. The maximum atomic E-state index is 12.6. The molecular weight excluding hydrogens is 284 g/mol. The Hall–Kier alpha value is -2.27. The Labute approximate surface area is 126 Å². The summed E-state index contributed by atoms with van der Waals surface area (Å²) < 4.78 is 6.35. The van der Waals surface area contributed by atoms with Crippen LogP contribution >= 0.6 is 11.3 Å². The smallest absolute Gasteiger partial charge is 0.266 e. The molecule has 0 saturated heterocycles. The van der Waals surface area contributed by atoms with Crippen LogP contribution in [0.2, 0.25) is 0 Å². The largest absolute Gasteiger partial charge is 0.467 e. The van der Waals surface area contributed by atoms with Gasteiger partial charge in [0.05, 0.1) is 18.5 Å². The van der Waals surface area contributed by atoms with Crippen molar-refractivity contribution in [3.63, 3.8) is 0 Å². The molecule has 3 rings (SSSR count). The van der Waals surface area contributed by atoms with Crippen molar-refractivity contribution >= 4 is 33.0 Å². The molecule has 0 aliphatic rings. The first kappa shape index (κ1) is 13.7. The molecule has 4 nitrogen and oxygen atoms in total. The van der Waals surface area contributed by atoms with Crippen molar-refractivity contribution in [1.29, 1.82) is 0 Å². The number of anilines is 1. The lowest BCUT2D eigenvalue weighted by molar-refractivity contribution is 0.0781. The van der Waals surface area contributed by atoms with Crippen molar-refractivity contribution in [3.05, 3.63) is 52.8 Å². The summed E-state index contributed by atoms with van der Waals surface area (Å²) >= 11 is 1.45. The van der Waals surface area contributed by atoms with E-state index in [1.54, 1.807) is 18.2 Å². The minimum atomic E-state index is -0.0792. The molecule has 1 amide bonds. The molecule has 0 bridgehead atoms. The van der Waals surface area contributed by atoms with Crippen molar-refractivity contribution in [2.75, 3.05) is 12.8 Å². The number of aryl methyl sites for hydroxylation is 1. The Balaban J connectivity index is 1.94. The van der Waals surface area contributed by atoms with E-state index in [2.05, 4.69) is 0 Å². The van der Waals surface area contributed by atoms with E-state index in [1.807, 2.05) is 37.3 Å². The second-order valence-electron chi connectivity index (χ2n) is 5.04. The Bertz CT molecular complexity index is 790. The average molecular weight is 300 g/mol. The summed E-state index contributed by atoms with van der Waals surface area (Å²) in [6.07, 6.45) is 1.60. The first-order valence-electron chi connectivity index (χ1n) is 6.63. The zero-order valence-electron chi connectivity index (χ0n) is 11.9. The van der Waals surface area contributed by atoms with E-state index in [4.69, 9.17) is 10.2 Å². The van der Waals surface area contributed by atoms with E-state index in [1.165, 1.54) is 11.3 Å². The predicted octanol–water partition coefficient (Wildman–Crippen LogP) is 3.66. The molecule has 2 heterocycles. The van der Waals surface area contributed by atoms with Gasteiger partial charge in [0.1, 0.15) is 10.6 Å². The minimum Gasteiger partial charge on any atom is -0.467 e. The third-order valence-electron chi connectivity index (χ3n) is 3.46. The van der Waals surface area contributed by atoms with Gasteiger partial charge in [-0.15, -0.1) is 11.3 Å². The Morgan fingerprint density at radius 1 is 1.33 bits per heavy atom. The van der Waals surface area contributed by atoms with Crippen LogP contribution in [0.3, 0.4) is 0 Å². The van der Waals surface area contributed by atoms with Crippen LogP contribution in [-0.4, -0.2) is 17.9 Å². The van der Waals surface area contributed by atoms with Crippen LogP contribution in [-0.2, 0) is 6.54 Å². The summed E-state index contributed by atoms with van der Waals surface area (Å²) in [6.45, 7) is 2.46. The summed E-state index contributed by atoms with van der Waals surface area (Å²) in [5, 5.41) is 0.953. The second-order valence-corrected chi connectivity index (χ2v) is 6.06. The van der Waals surface area contributed by atoms with Gasteiger partial charge < -0.3 is 15.1 Å². The Morgan fingerprint density at radius 3 is 2.81 bits per heavy atom. The van der Waals surface area contributed by atoms with Gasteiger partial charge in [0, 0.05) is 17.1 Å². The molecule has 0 spiro atoms. The van der Waals surface area contributed by atoms with Gasteiger partial charge in [-0.1, -0.05) is 18.2 Å². The number of fused-ring (bicyclic) bond motifs is 1. The van der Waals surface area contributed by atoms with Crippen LogP contribution in [0.1, 0.15) is 21.0 Å². The fraction of sp³-hybridized carbons (Fsp3) is 0.188. The van der Waals surface area contributed by atoms with E-state index in [0.717, 1.165) is 21.4 Å². The summed E-state index contributed by atoms with van der Waals surface area (Å²) in [5.41, 5.74) is 7.86. The maximum absolute atomic E-state index is 12.6. The molecule has 0 fully saturated rings. The lowest BCUT2D eigenvalue weighted by atomic mass is 10.1. The summed E-state index contributed by atoms with van der Waals surface area (Å²) in [4.78, 5) is 14.8. The zero-order valence-corrected chi connectivity index (χ0v) is 12.7. The Kier molecular flexibility index (Phi) is 3.43. The highest BCUT2D eigenvalue weighted by Crippen LogP contribution is 2.36. The number of nitrogens with two attached hydrogens (primary N) is 1. The first-order chi connectivity index (χ1) is 10.1. The highest BCUT2D eigenvalue weighted by Gasteiger charge is 2.20. The molecule has 108 valence electrons. The second kappa shape index (κ2) is 5.26. The fourth-order valence-electron chi connectivity index (χ4n) is 2.32. The number of amides is 1. The highest BCUT2D eigenvalue weighted by atomic mass is 32.1. The molecular formula is C16H16N2O2S. The number of thiophene rings is 1. The zero-order chi connectivity index (χ0) is 15.0. The van der Waals surface area contributed by atoms with Gasteiger partial charge in [-0.05, 0) is 24.6 Å². The molecule has 0 atom stereocenters. The quantitative estimate of drug-likeness (QED) is 0.803. The van der Waals surface area contributed by atoms with Crippen molar-refractivity contribution in [2.24, 2.45) is 0 Å². The van der Waals surface area contributed by atoms with Gasteiger partial charge in [-0.2, -0.15) is 0 Å². The molecule has 5 heteroatoms. The number of carbonyl (C=O) groups is 1. The van der Waals surface area contributed by atoms with E-state index in [-0.39, 0.29) is 5.91 Å². The van der Waals surface area contributed by atoms with Gasteiger partial charge in [-0.3, -0.25) is 4.79 Å². The monoisotopic (exact) mass is 300 g/mol. The maximum Gasteiger partial charge on any atom is 0.266 e. The van der Waals surface area contributed by atoms with Gasteiger partial charge >= 0.3 is 0 Å². The minimum absolute atomic E-state index is 0.0792. The van der Waals surface area contributed by atoms with Gasteiger partial charge in [0.15, 0.2) is 0 Å². The molecule has 0 aliphatic carbocycles. The van der Waals surface area contributed by atoms with Crippen LogP contribution in [0, 0.1) is 6.92 Å². The SMILES string of the molecule is Cc1cccc2c(N)c(C(=O)N(C)Cc3ccco3)sc12. The molecule has 3 aromatic rings. The highest BCUT2D eigenvalue weighted by molar-refractivity contribution is 7.21. The normalized spacial score (nSPS) is 11.0. The molecule has 0 aliphatic heterocycles. The summed E-state index contributed by atoms with van der Waals surface area (Å²) in [7, 11) is 1.75. The van der Waals surface area contributed by atoms with Gasteiger partial charge in [-0.25, -0.2) is 0 Å². The van der Waals surface area contributed by atoms with Crippen LogP contribution in [0.4, 0.5) is 5.69 Å². The number of carbonyl (C=O) groups excluding carboxylic acids is 1.